The number of fused-ring (bicyclic) bond motifs is 2. The van der Waals surface area contributed by atoms with Crippen molar-refractivity contribution in [3.05, 3.63) is 138 Å². The minimum absolute atomic E-state index is 0.0845. The molecule has 3 aromatic carbocycles. The third kappa shape index (κ3) is 14.5. The number of aryl methyl sites for hydroxylation is 3. The van der Waals surface area contributed by atoms with E-state index < -0.39 is 10.0 Å². The van der Waals surface area contributed by atoms with Crippen LogP contribution in [0.3, 0.4) is 0 Å². The molecule has 0 radical (unpaired) electrons. The largest absolute Gasteiger partial charge is 0.329 e. The highest BCUT2D eigenvalue weighted by Crippen LogP contribution is 2.24. The van der Waals surface area contributed by atoms with Crippen LogP contribution in [0.2, 0.25) is 0 Å². The van der Waals surface area contributed by atoms with Crippen molar-refractivity contribution in [1.82, 2.24) is 18.9 Å². The van der Waals surface area contributed by atoms with Gasteiger partial charge in [0.2, 0.25) is 0 Å². The Kier molecular flexibility index (Phi) is 22.8. The Balaban J connectivity index is 0.000000734. The summed E-state index contributed by atoms with van der Waals surface area (Å²) in [5, 5.41) is 13.7. The van der Waals surface area contributed by atoms with Gasteiger partial charge in [0.1, 0.15) is 0 Å². The van der Waals surface area contributed by atoms with Crippen LogP contribution in [-0.2, 0) is 30.2 Å². The van der Waals surface area contributed by atoms with E-state index in [1.165, 1.54) is 30.7 Å². The van der Waals surface area contributed by atoms with Crippen LogP contribution in [0.5, 0.6) is 0 Å². The molecule has 5 rings (SSSR count). The standard InChI is InChI=1S/C15H12N4O2S.C11H14N2O.C5H8.C4H8.C3H8.C3H6/c1-19-14-5-3-2-4-13(14)15(17-19)18-22(20,21)12-8-6-11(10-16)7-9-12;1-3-12-9-7-5-6-8-10(9)13(4-2)11(12)14;1-3-5-4-2;1-3-4-2;2*1-3-2/h2-9H,1H3,(H,17,18);5-8H,3-4H2,1-2H3;3-5H,1H2,2H3;3-4H,1-2H3;3H2,1-2H3;3H,1H2,2H3/b;;5-4-;4-3-;;. The molecule has 2 heterocycles. The average molecular weight is 713 g/mol. The van der Waals surface area contributed by atoms with Gasteiger partial charge in [-0.25, -0.2) is 13.2 Å². The second-order valence-corrected chi connectivity index (χ2v) is 12.2. The summed E-state index contributed by atoms with van der Waals surface area (Å²) in [5.74, 6) is 0.280. The summed E-state index contributed by atoms with van der Waals surface area (Å²) in [6, 6.07) is 22.9. The van der Waals surface area contributed by atoms with Crippen LogP contribution >= 0.6 is 0 Å². The fraction of sp³-hybridized carbons (Fsp3) is 0.293. The van der Waals surface area contributed by atoms with Crippen LogP contribution in [0.4, 0.5) is 5.82 Å². The lowest BCUT2D eigenvalue weighted by Crippen LogP contribution is -2.22. The Morgan fingerprint density at radius 2 is 1.24 bits per heavy atom. The first-order valence-corrected chi connectivity index (χ1v) is 18.5. The van der Waals surface area contributed by atoms with E-state index in [2.05, 4.69) is 36.8 Å². The van der Waals surface area contributed by atoms with Crippen molar-refractivity contribution in [2.24, 2.45) is 7.05 Å². The molecule has 0 amide bonds. The quantitative estimate of drug-likeness (QED) is 0.139. The number of para-hydroxylation sites is 3. The molecule has 0 saturated heterocycles. The number of nitriles is 1. The Bertz CT molecular complexity index is 1980. The second-order valence-electron chi connectivity index (χ2n) is 10.5. The number of benzene rings is 3. The number of nitrogens with zero attached hydrogens (tertiary/aromatic N) is 5. The first-order chi connectivity index (χ1) is 24.5. The van der Waals surface area contributed by atoms with Crippen LogP contribution in [0.1, 0.15) is 67.4 Å². The van der Waals surface area contributed by atoms with Gasteiger partial charge in [-0.1, -0.05) is 87.6 Å². The number of sulfonamides is 1. The van der Waals surface area contributed by atoms with Gasteiger partial charge in [-0.3, -0.25) is 18.5 Å². The van der Waals surface area contributed by atoms with E-state index in [4.69, 9.17) is 5.26 Å². The van der Waals surface area contributed by atoms with Crippen molar-refractivity contribution in [1.29, 1.82) is 5.26 Å². The van der Waals surface area contributed by atoms with Crippen LogP contribution in [0.15, 0.2) is 132 Å². The first kappa shape index (κ1) is 45.6. The maximum Gasteiger partial charge on any atom is 0.329 e. The lowest BCUT2D eigenvalue weighted by molar-refractivity contribution is 0.601. The van der Waals surface area contributed by atoms with Crippen molar-refractivity contribution in [3.63, 3.8) is 0 Å². The highest BCUT2D eigenvalue weighted by molar-refractivity contribution is 7.92. The lowest BCUT2D eigenvalue weighted by atomic mass is 10.2. The summed E-state index contributed by atoms with van der Waals surface area (Å²) in [7, 11) is -2.00. The number of rotatable bonds is 6. The van der Waals surface area contributed by atoms with Gasteiger partial charge in [-0.2, -0.15) is 10.4 Å². The zero-order valence-corrected chi connectivity index (χ0v) is 32.6. The number of anilines is 1. The fourth-order valence-electron chi connectivity index (χ4n) is 4.20. The Morgan fingerprint density at radius 1 is 0.784 bits per heavy atom. The van der Waals surface area contributed by atoms with Gasteiger partial charge >= 0.3 is 5.69 Å². The molecule has 0 saturated carbocycles. The highest BCUT2D eigenvalue weighted by Gasteiger charge is 2.18. The van der Waals surface area contributed by atoms with Gasteiger partial charge in [0.15, 0.2) is 5.82 Å². The summed E-state index contributed by atoms with van der Waals surface area (Å²) in [5.41, 5.74) is 3.39. The lowest BCUT2D eigenvalue weighted by Gasteiger charge is -2.05. The van der Waals surface area contributed by atoms with Crippen LogP contribution in [-0.4, -0.2) is 27.3 Å². The van der Waals surface area contributed by atoms with Gasteiger partial charge in [0.25, 0.3) is 10.0 Å². The van der Waals surface area contributed by atoms with Crippen molar-refractivity contribution in [3.8, 4) is 6.07 Å². The molecule has 51 heavy (non-hydrogen) atoms. The topological polar surface area (TPSA) is 115 Å². The number of hydrogen-bond acceptors (Lipinski definition) is 5. The number of aromatic nitrogens is 4. The molecule has 0 spiro atoms. The average Bonchev–Trinajstić information content (AvgIpc) is 3.60. The molecule has 10 heteroatoms. The number of allylic oxidation sites excluding steroid dienone is 6. The summed E-state index contributed by atoms with van der Waals surface area (Å²) in [6.07, 6.45) is 12.6. The summed E-state index contributed by atoms with van der Waals surface area (Å²) >= 11 is 0. The molecule has 0 aliphatic rings. The molecule has 0 aliphatic carbocycles. The predicted molar refractivity (Wildman–Crippen MR) is 218 cm³/mol. The van der Waals surface area contributed by atoms with E-state index in [9.17, 15) is 13.2 Å². The number of nitrogens with one attached hydrogen (secondary N) is 1. The Labute approximate surface area is 305 Å². The zero-order valence-electron chi connectivity index (χ0n) is 31.8. The van der Waals surface area contributed by atoms with Gasteiger partial charge in [-0.15, -0.1) is 6.58 Å². The van der Waals surface area contributed by atoms with Gasteiger partial charge < -0.3 is 0 Å². The molecular formula is C41H56N6O3S. The third-order valence-corrected chi connectivity index (χ3v) is 7.86. The smallest absolute Gasteiger partial charge is 0.292 e. The SMILES string of the molecule is C/C=C\C.C=C/C=C\C.C=CC.CCC.CCn1c(=O)n(CC)c2ccccc21.Cn1nc(NS(=O)(=O)c2ccc(C#N)cc2)c2ccccc21. The van der Waals surface area contributed by atoms with E-state index in [0.29, 0.717) is 5.56 Å². The molecule has 274 valence electrons. The maximum absolute atomic E-state index is 12.4. The van der Waals surface area contributed by atoms with Crippen molar-refractivity contribution in [2.45, 2.75) is 79.8 Å². The molecule has 0 fully saturated rings. The van der Waals surface area contributed by atoms with Crippen LogP contribution < -0.4 is 10.4 Å². The first-order valence-electron chi connectivity index (χ1n) is 17.0. The number of imidazole rings is 1. The third-order valence-electron chi connectivity index (χ3n) is 6.50. The monoisotopic (exact) mass is 712 g/mol. The van der Waals surface area contributed by atoms with Gasteiger partial charge in [-0.05, 0) is 90.1 Å². The molecule has 0 unspecified atom stereocenters. The molecule has 0 aliphatic heterocycles. The zero-order chi connectivity index (χ0) is 38.8. The normalized spacial score (nSPS) is 10.1. The second kappa shape index (κ2) is 25.6. The molecule has 0 bridgehead atoms. The summed E-state index contributed by atoms with van der Waals surface area (Å²) in [6.45, 7) is 24.4. The maximum atomic E-state index is 12.4. The fourth-order valence-corrected chi connectivity index (χ4v) is 5.22. The van der Waals surface area contributed by atoms with E-state index in [-0.39, 0.29) is 16.4 Å². The summed E-state index contributed by atoms with van der Waals surface area (Å²) < 4.78 is 32.5. The molecule has 9 nitrogen and oxygen atoms in total. The van der Waals surface area contributed by atoms with E-state index in [1.807, 2.05) is 114 Å². The van der Waals surface area contributed by atoms with Crippen molar-refractivity contribution >= 4 is 37.8 Å². The molecule has 0 atom stereocenters. The van der Waals surface area contributed by atoms with Crippen LogP contribution in [0, 0.1) is 11.3 Å². The molecule has 2 aromatic heterocycles. The van der Waals surface area contributed by atoms with E-state index >= 15 is 0 Å². The summed E-state index contributed by atoms with van der Waals surface area (Å²) in [4.78, 5) is 12.0. The van der Waals surface area contributed by atoms with E-state index in [1.54, 1.807) is 39.1 Å². The molecule has 1 N–H and O–H groups in total. The predicted octanol–water partition coefficient (Wildman–Crippen LogP) is 10.0. The van der Waals surface area contributed by atoms with Crippen molar-refractivity contribution in [2.75, 3.05) is 4.72 Å². The van der Waals surface area contributed by atoms with Crippen molar-refractivity contribution < 1.29 is 8.42 Å². The van der Waals surface area contributed by atoms with Gasteiger partial charge in [0, 0.05) is 25.5 Å². The minimum atomic E-state index is -3.75. The molecular weight excluding hydrogens is 657 g/mol. The highest BCUT2D eigenvalue weighted by atomic mass is 32.2. The van der Waals surface area contributed by atoms with E-state index in [0.717, 1.165) is 35.0 Å². The van der Waals surface area contributed by atoms with Crippen LogP contribution in [0.25, 0.3) is 21.9 Å². The Hall–Kier alpha value is -5.40. The van der Waals surface area contributed by atoms with Gasteiger partial charge in [0.05, 0.1) is 33.1 Å². The minimum Gasteiger partial charge on any atom is -0.292 e. The molecule has 5 aromatic rings. The number of hydrogen-bond donors (Lipinski definition) is 1. The Morgan fingerprint density at radius 3 is 1.61 bits per heavy atom.